The van der Waals surface area contributed by atoms with Crippen LogP contribution in [0.3, 0.4) is 0 Å². The average molecular weight is 156 g/mol. The van der Waals surface area contributed by atoms with Crippen molar-refractivity contribution in [1.82, 2.24) is 0 Å². The maximum atomic E-state index is 8.83. The van der Waals surface area contributed by atoms with Crippen LogP contribution in [-0.4, -0.2) is 24.9 Å². The molecule has 0 aromatic carbocycles. The molecule has 0 aromatic rings. The largest absolute Gasteiger partial charge is 0.396 e. The highest BCUT2D eigenvalue weighted by molar-refractivity contribution is 5.03. The van der Waals surface area contributed by atoms with Crippen LogP contribution >= 0.6 is 0 Å². The van der Waals surface area contributed by atoms with Crippen LogP contribution in [-0.2, 0) is 4.74 Å². The third-order valence-corrected chi connectivity index (χ3v) is 3.36. The van der Waals surface area contributed by atoms with Gasteiger partial charge in [0.2, 0.25) is 0 Å². The van der Waals surface area contributed by atoms with Crippen LogP contribution in [0.2, 0.25) is 0 Å². The van der Waals surface area contributed by atoms with Crippen molar-refractivity contribution in [2.45, 2.75) is 31.8 Å². The lowest BCUT2D eigenvalue weighted by atomic mass is 9.51. The molecule has 1 N–H and O–H groups in total. The van der Waals surface area contributed by atoms with Crippen LogP contribution in [0.15, 0.2) is 0 Å². The van der Waals surface area contributed by atoms with Crippen molar-refractivity contribution >= 4 is 0 Å². The maximum absolute atomic E-state index is 8.83. The highest BCUT2D eigenvalue weighted by Crippen LogP contribution is 2.59. The Kier molecular flexibility index (Phi) is 1.69. The predicted molar refractivity (Wildman–Crippen MR) is 42.3 cm³/mol. The monoisotopic (exact) mass is 156 g/mol. The fourth-order valence-corrected chi connectivity index (χ4v) is 2.70. The van der Waals surface area contributed by atoms with Crippen molar-refractivity contribution in [3.63, 3.8) is 0 Å². The second-order valence-corrected chi connectivity index (χ2v) is 4.22. The van der Waals surface area contributed by atoms with Crippen molar-refractivity contribution < 1.29 is 9.84 Å². The standard InChI is InChI=1S/C9H16O2/c1-11-8-4-9(5-8)2-7(3-9)6-10/h7-8,10H,2-6H2,1H3. The molecule has 2 aliphatic carbocycles. The van der Waals surface area contributed by atoms with Crippen LogP contribution in [0.1, 0.15) is 25.7 Å². The first kappa shape index (κ1) is 7.56. The van der Waals surface area contributed by atoms with Gasteiger partial charge in [-0.1, -0.05) is 0 Å². The number of aliphatic hydroxyl groups excluding tert-OH is 1. The van der Waals surface area contributed by atoms with Gasteiger partial charge in [0, 0.05) is 13.7 Å². The molecular formula is C9H16O2. The van der Waals surface area contributed by atoms with E-state index in [1.165, 1.54) is 25.7 Å². The molecule has 0 heterocycles. The molecule has 0 unspecified atom stereocenters. The molecule has 0 aliphatic heterocycles. The lowest BCUT2D eigenvalue weighted by Gasteiger charge is -2.57. The minimum atomic E-state index is 0.388. The molecule has 1 spiro atoms. The topological polar surface area (TPSA) is 29.5 Å². The Morgan fingerprint density at radius 2 is 2.00 bits per heavy atom. The first-order chi connectivity index (χ1) is 5.28. The van der Waals surface area contributed by atoms with Crippen LogP contribution < -0.4 is 0 Å². The van der Waals surface area contributed by atoms with Crippen molar-refractivity contribution in [3.05, 3.63) is 0 Å². The summed E-state index contributed by atoms with van der Waals surface area (Å²) in [5, 5.41) is 8.83. The summed E-state index contributed by atoms with van der Waals surface area (Å²) in [6.45, 7) is 0.388. The van der Waals surface area contributed by atoms with Gasteiger partial charge in [-0.25, -0.2) is 0 Å². The number of hydrogen-bond acceptors (Lipinski definition) is 2. The summed E-state index contributed by atoms with van der Waals surface area (Å²) in [6.07, 6.45) is 5.47. The molecular weight excluding hydrogens is 140 g/mol. The normalized spacial score (nSPS) is 48.5. The van der Waals surface area contributed by atoms with Crippen molar-refractivity contribution in [3.8, 4) is 0 Å². The van der Waals surface area contributed by atoms with E-state index >= 15 is 0 Å². The van der Waals surface area contributed by atoms with Gasteiger partial charge in [0.05, 0.1) is 6.10 Å². The Bertz CT molecular complexity index is 122. The molecule has 2 aliphatic rings. The quantitative estimate of drug-likeness (QED) is 0.650. The molecule has 0 bridgehead atoms. The van der Waals surface area contributed by atoms with Gasteiger partial charge in [0.15, 0.2) is 0 Å². The van der Waals surface area contributed by atoms with E-state index in [-0.39, 0.29) is 0 Å². The van der Waals surface area contributed by atoms with E-state index in [2.05, 4.69) is 0 Å². The van der Waals surface area contributed by atoms with Crippen molar-refractivity contribution in [1.29, 1.82) is 0 Å². The maximum Gasteiger partial charge on any atom is 0.0582 e. The number of rotatable bonds is 2. The smallest absolute Gasteiger partial charge is 0.0582 e. The zero-order valence-electron chi connectivity index (χ0n) is 7.05. The van der Waals surface area contributed by atoms with Crippen LogP contribution in [0, 0.1) is 11.3 Å². The first-order valence-corrected chi connectivity index (χ1v) is 4.42. The predicted octanol–water partition coefficient (Wildman–Crippen LogP) is 1.18. The molecule has 0 aromatic heterocycles. The molecule has 0 saturated heterocycles. The number of ether oxygens (including phenoxy) is 1. The Balaban J connectivity index is 1.75. The third kappa shape index (κ3) is 1.09. The summed E-state index contributed by atoms with van der Waals surface area (Å²) in [5.74, 6) is 0.604. The lowest BCUT2D eigenvalue weighted by Crippen LogP contribution is -2.51. The molecule has 2 nitrogen and oxygen atoms in total. The highest BCUT2D eigenvalue weighted by Gasteiger charge is 2.52. The third-order valence-electron chi connectivity index (χ3n) is 3.36. The lowest BCUT2D eigenvalue weighted by molar-refractivity contribution is -0.133. The van der Waals surface area contributed by atoms with E-state index in [1.54, 1.807) is 7.11 Å². The molecule has 2 fully saturated rings. The van der Waals surface area contributed by atoms with Crippen LogP contribution in [0.25, 0.3) is 0 Å². The van der Waals surface area contributed by atoms with Gasteiger partial charge in [-0.15, -0.1) is 0 Å². The second-order valence-electron chi connectivity index (χ2n) is 4.22. The van der Waals surface area contributed by atoms with E-state index in [9.17, 15) is 0 Å². The number of aliphatic hydroxyl groups is 1. The summed E-state index contributed by atoms with van der Waals surface area (Å²) in [5.41, 5.74) is 0.605. The summed E-state index contributed by atoms with van der Waals surface area (Å²) < 4.78 is 5.22. The molecule has 2 saturated carbocycles. The fourth-order valence-electron chi connectivity index (χ4n) is 2.70. The minimum absolute atomic E-state index is 0.388. The molecule has 2 heteroatoms. The zero-order chi connectivity index (χ0) is 7.90. The Morgan fingerprint density at radius 3 is 2.45 bits per heavy atom. The van der Waals surface area contributed by atoms with E-state index in [4.69, 9.17) is 9.84 Å². The molecule has 2 rings (SSSR count). The zero-order valence-corrected chi connectivity index (χ0v) is 7.05. The van der Waals surface area contributed by atoms with E-state index < -0.39 is 0 Å². The highest BCUT2D eigenvalue weighted by atomic mass is 16.5. The molecule has 0 atom stereocenters. The van der Waals surface area contributed by atoms with E-state index in [1.807, 2.05) is 0 Å². The molecule has 11 heavy (non-hydrogen) atoms. The summed E-state index contributed by atoms with van der Waals surface area (Å²) in [4.78, 5) is 0. The van der Waals surface area contributed by atoms with Crippen LogP contribution in [0.4, 0.5) is 0 Å². The SMILES string of the molecule is COC1CC2(CC(CO)C2)C1. The van der Waals surface area contributed by atoms with Gasteiger partial charge < -0.3 is 9.84 Å². The minimum Gasteiger partial charge on any atom is -0.396 e. The van der Waals surface area contributed by atoms with E-state index in [0.29, 0.717) is 24.0 Å². The van der Waals surface area contributed by atoms with E-state index in [0.717, 1.165) is 0 Å². The molecule has 0 amide bonds. The average Bonchev–Trinajstić information content (AvgIpc) is 1.83. The number of hydrogen-bond donors (Lipinski definition) is 1. The van der Waals surface area contributed by atoms with Crippen molar-refractivity contribution in [2.24, 2.45) is 11.3 Å². The fraction of sp³-hybridized carbons (Fsp3) is 1.00. The Labute approximate surface area is 67.6 Å². The first-order valence-electron chi connectivity index (χ1n) is 4.42. The Hall–Kier alpha value is -0.0800. The van der Waals surface area contributed by atoms with Gasteiger partial charge in [0.25, 0.3) is 0 Å². The second kappa shape index (κ2) is 2.46. The molecule has 0 radical (unpaired) electrons. The van der Waals surface area contributed by atoms with Gasteiger partial charge in [-0.3, -0.25) is 0 Å². The van der Waals surface area contributed by atoms with Crippen molar-refractivity contribution in [2.75, 3.05) is 13.7 Å². The van der Waals surface area contributed by atoms with Gasteiger partial charge in [-0.2, -0.15) is 0 Å². The van der Waals surface area contributed by atoms with Crippen LogP contribution in [0.5, 0.6) is 0 Å². The Morgan fingerprint density at radius 1 is 1.36 bits per heavy atom. The van der Waals surface area contributed by atoms with Gasteiger partial charge >= 0.3 is 0 Å². The van der Waals surface area contributed by atoms with Gasteiger partial charge in [-0.05, 0) is 37.0 Å². The molecule has 64 valence electrons. The summed E-state index contributed by atoms with van der Waals surface area (Å²) >= 11 is 0. The number of methoxy groups -OCH3 is 1. The summed E-state index contributed by atoms with van der Waals surface area (Å²) in [6, 6.07) is 0. The summed E-state index contributed by atoms with van der Waals surface area (Å²) in [7, 11) is 1.79. The van der Waals surface area contributed by atoms with Gasteiger partial charge in [0.1, 0.15) is 0 Å².